The number of ether oxygens (including phenoxy) is 1. The Hall–Kier alpha value is -1.59. The van der Waals surface area contributed by atoms with Gasteiger partial charge in [-0.05, 0) is 31.9 Å². The predicted octanol–water partition coefficient (Wildman–Crippen LogP) is 1.84. The predicted molar refractivity (Wildman–Crippen MR) is 84.8 cm³/mol. The number of fused-ring (bicyclic) bond motifs is 1. The largest absolute Gasteiger partial charge is 0.376 e. The molecule has 5 nitrogen and oxygen atoms in total. The van der Waals surface area contributed by atoms with Crippen molar-refractivity contribution in [2.24, 2.45) is 5.73 Å². The molecule has 0 aliphatic carbocycles. The Morgan fingerprint density at radius 2 is 2.38 bits per heavy atom. The highest BCUT2D eigenvalue weighted by Crippen LogP contribution is 2.24. The molecular formula is C16H24N4O. The first-order chi connectivity index (χ1) is 10.1. The molecule has 3 rings (SSSR count). The zero-order valence-electron chi connectivity index (χ0n) is 12.8. The lowest BCUT2D eigenvalue weighted by atomic mass is 10.2. The van der Waals surface area contributed by atoms with Gasteiger partial charge in [0.2, 0.25) is 0 Å². The average Bonchev–Trinajstić information content (AvgIpc) is 3.07. The molecule has 2 atom stereocenters. The highest BCUT2D eigenvalue weighted by atomic mass is 16.5. The number of rotatable bonds is 5. The first kappa shape index (κ1) is 14.4. The zero-order valence-corrected chi connectivity index (χ0v) is 12.8. The van der Waals surface area contributed by atoms with Crippen molar-refractivity contribution in [3.05, 3.63) is 30.1 Å². The molecule has 2 aromatic heterocycles. The molecule has 21 heavy (non-hydrogen) atoms. The average molecular weight is 288 g/mol. The summed E-state index contributed by atoms with van der Waals surface area (Å²) in [6.45, 7) is 3.80. The SMILES string of the molecule is CC(N)Cc1c(N(C)CC2CCCO2)nc2ccccn12. The molecule has 3 heterocycles. The van der Waals surface area contributed by atoms with Crippen LogP contribution < -0.4 is 10.6 Å². The number of anilines is 1. The number of nitrogens with zero attached hydrogens (tertiary/aromatic N) is 3. The topological polar surface area (TPSA) is 55.8 Å². The van der Waals surface area contributed by atoms with Crippen molar-refractivity contribution in [1.29, 1.82) is 0 Å². The molecule has 0 amide bonds. The third-order valence-corrected chi connectivity index (χ3v) is 3.99. The van der Waals surface area contributed by atoms with Gasteiger partial charge in [-0.25, -0.2) is 4.98 Å². The maximum absolute atomic E-state index is 6.02. The van der Waals surface area contributed by atoms with Gasteiger partial charge in [0.25, 0.3) is 0 Å². The molecule has 0 saturated carbocycles. The summed E-state index contributed by atoms with van der Waals surface area (Å²) in [5.41, 5.74) is 8.18. The maximum Gasteiger partial charge on any atom is 0.151 e. The number of imidazole rings is 1. The summed E-state index contributed by atoms with van der Waals surface area (Å²) in [7, 11) is 2.09. The van der Waals surface area contributed by atoms with Crippen molar-refractivity contribution in [3.63, 3.8) is 0 Å². The van der Waals surface area contributed by atoms with Crippen molar-refractivity contribution in [3.8, 4) is 0 Å². The number of hydrogen-bond acceptors (Lipinski definition) is 4. The van der Waals surface area contributed by atoms with Crippen LogP contribution in [0.2, 0.25) is 0 Å². The van der Waals surface area contributed by atoms with Crippen LogP contribution in [0.5, 0.6) is 0 Å². The Morgan fingerprint density at radius 3 is 3.10 bits per heavy atom. The van der Waals surface area contributed by atoms with E-state index in [9.17, 15) is 0 Å². The van der Waals surface area contributed by atoms with Crippen molar-refractivity contribution in [2.45, 2.75) is 38.3 Å². The second kappa shape index (κ2) is 6.03. The maximum atomic E-state index is 6.02. The van der Waals surface area contributed by atoms with Crippen LogP contribution in [0.15, 0.2) is 24.4 Å². The van der Waals surface area contributed by atoms with E-state index in [0.717, 1.165) is 43.9 Å². The van der Waals surface area contributed by atoms with Crippen LogP contribution in [-0.2, 0) is 11.2 Å². The van der Waals surface area contributed by atoms with Gasteiger partial charge in [0.15, 0.2) is 5.82 Å². The van der Waals surface area contributed by atoms with E-state index in [1.54, 1.807) is 0 Å². The molecule has 1 fully saturated rings. The minimum absolute atomic E-state index is 0.111. The standard InChI is InChI=1S/C16H24N4O/c1-12(17)10-14-16(18-15-7-3-4-8-20(14)15)19(2)11-13-6-5-9-21-13/h3-4,7-8,12-13H,5-6,9-11,17H2,1-2H3. The molecule has 1 aliphatic rings. The van der Waals surface area contributed by atoms with E-state index >= 15 is 0 Å². The van der Waals surface area contributed by atoms with E-state index in [0.29, 0.717) is 6.10 Å². The molecule has 0 aromatic carbocycles. The summed E-state index contributed by atoms with van der Waals surface area (Å²) < 4.78 is 7.88. The molecule has 0 radical (unpaired) electrons. The number of hydrogen-bond donors (Lipinski definition) is 1. The lowest BCUT2D eigenvalue weighted by molar-refractivity contribution is 0.116. The van der Waals surface area contributed by atoms with Crippen LogP contribution in [0, 0.1) is 0 Å². The van der Waals surface area contributed by atoms with E-state index in [1.165, 1.54) is 5.69 Å². The normalized spacial score (nSPS) is 20.0. The fourth-order valence-electron chi connectivity index (χ4n) is 3.01. The van der Waals surface area contributed by atoms with Crippen LogP contribution >= 0.6 is 0 Å². The Labute approximate surface area is 125 Å². The molecule has 1 saturated heterocycles. The van der Waals surface area contributed by atoms with Crippen molar-refractivity contribution >= 4 is 11.5 Å². The van der Waals surface area contributed by atoms with Crippen molar-refractivity contribution in [2.75, 3.05) is 25.1 Å². The summed E-state index contributed by atoms with van der Waals surface area (Å²) in [6.07, 6.45) is 5.50. The van der Waals surface area contributed by atoms with Crippen molar-refractivity contribution in [1.82, 2.24) is 9.38 Å². The lowest BCUT2D eigenvalue weighted by Gasteiger charge is -2.22. The van der Waals surface area contributed by atoms with Gasteiger partial charge in [0.05, 0.1) is 11.8 Å². The number of pyridine rings is 1. The van der Waals surface area contributed by atoms with E-state index in [1.807, 2.05) is 25.1 Å². The van der Waals surface area contributed by atoms with Gasteiger partial charge in [0, 0.05) is 38.9 Å². The number of nitrogens with two attached hydrogens (primary N) is 1. The third-order valence-electron chi connectivity index (χ3n) is 3.99. The Bertz CT molecular complexity index is 601. The van der Waals surface area contributed by atoms with Crippen LogP contribution in [0.1, 0.15) is 25.5 Å². The minimum atomic E-state index is 0.111. The minimum Gasteiger partial charge on any atom is -0.376 e. The van der Waals surface area contributed by atoms with Crippen LogP contribution in [0.4, 0.5) is 5.82 Å². The Morgan fingerprint density at radius 1 is 1.52 bits per heavy atom. The second-order valence-corrected chi connectivity index (χ2v) is 6.01. The second-order valence-electron chi connectivity index (χ2n) is 6.01. The molecule has 5 heteroatoms. The van der Waals surface area contributed by atoms with Crippen LogP contribution in [0.25, 0.3) is 5.65 Å². The van der Waals surface area contributed by atoms with Crippen LogP contribution in [-0.4, -0.2) is 41.7 Å². The van der Waals surface area contributed by atoms with Gasteiger partial charge in [-0.1, -0.05) is 6.07 Å². The van der Waals surface area contributed by atoms with Crippen LogP contribution in [0.3, 0.4) is 0 Å². The van der Waals surface area contributed by atoms with Gasteiger partial charge in [-0.2, -0.15) is 0 Å². The highest BCUT2D eigenvalue weighted by molar-refractivity contribution is 5.56. The molecular weight excluding hydrogens is 264 g/mol. The fourth-order valence-corrected chi connectivity index (χ4v) is 3.01. The lowest BCUT2D eigenvalue weighted by Crippen LogP contribution is -2.30. The van der Waals surface area contributed by atoms with E-state index in [4.69, 9.17) is 15.5 Å². The molecule has 1 aliphatic heterocycles. The molecule has 0 spiro atoms. The smallest absolute Gasteiger partial charge is 0.151 e. The summed E-state index contributed by atoms with van der Waals surface area (Å²) >= 11 is 0. The summed E-state index contributed by atoms with van der Waals surface area (Å²) in [5, 5.41) is 0. The Kier molecular flexibility index (Phi) is 4.12. The summed E-state index contributed by atoms with van der Waals surface area (Å²) in [5.74, 6) is 1.02. The van der Waals surface area contributed by atoms with Gasteiger partial charge < -0.3 is 19.8 Å². The van der Waals surface area contributed by atoms with Gasteiger partial charge >= 0.3 is 0 Å². The monoisotopic (exact) mass is 288 g/mol. The number of likely N-dealkylation sites (N-methyl/N-ethyl adjacent to an activating group) is 1. The number of aromatic nitrogens is 2. The molecule has 2 N–H and O–H groups in total. The first-order valence-corrected chi connectivity index (χ1v) is 7.69. The Balaban J connectivity index is 1.91. The molecule has 114 valence electrons. The third kappa shape index (κ3) is 3.04. The van der Waals surface area contributed by atoms with Gasteiger partial charge in [-0.15, -0.1) is 0 Å². The highest BCUT2D eigenvalue weighted by Gasteiger charge is 2.22. The molecule has 2 aromatic rings. The fraction of sp³-hybridized carbons (Fsp3) is 0.562. The zero-order chi connectivity index (χ0) is 14.8. The summed E-state index contributed by atoms with van der Waals surface area (Å²) in [4.78, 5) is 6.99. The van der Waals surface area contributed by atoms with Gasteiger partial charge in [-0.3, -0.25) is 0 Å². The van der Waals surface area contributed by atoms with E-state index < -0.39 is 0 Å². The quantitative estimate of drug-likeness (QED) is 0.912. The first-order valence-electron chi connectivity index (χ1n) is 7.69. The van der Waals surface area contributed by atoms with Gasteiger partial charge in [0.1, 0.15) is 5.65 Å². The summed E-state index contributed by atoms with van der Waals surface area (Å²) in [6, 6.07) is 6.19. The molecule has 2 unspecified atom stereocenters. The molecule has 0 bridgehead atoms. The van der Waals surface area contributed by atoms with E-state index in [2.05, 4.69) is 22.5 Å². The van der Waals surface area contributed by atoms with E-state index in [-0.39, 0.29) is 6.04 Å². The van der Waals surface area contributed by atoms with Crippen molar-refractivity contribution < 1.29 is 4.74 Å².